The summed E-state index contributed by atoms with van der Waals surface area (Å²) in [6.07, 6.45) is 9.50. The summed E-state index contributed by atoms with van der Waals surface area (Å²) < 4.78 is 4.01. The Labute approximate surface area is 169 Å². The molecular weight excluding hydrogens is 380 g/mol. The van der Waals surface area contributed by atoms with E-state index >= 15 is 0 Å². The molecule has 2 amide bonds. The highest BCUT2D eigenvalue weighted by Crippen LogP contribution is 2.05. The zero-order valence-electron chi connectivity index (χ0n) is 17.0. The molecule has 29 heavy (non-hydrogen) atoms. The summed E-state index contributed by atoms with van der Waals surface area (Å²) in [5.74, 6) is -2.75. The number of hydrogen-bond donors (Lipinski definition) is 4. The van der Waals surface area contributed by atoms with Crippen LogP contribution in [0.4, 0.5) is 0 Å². The van der Waals surface area contributed by atoms with E-state index in [4.69, 9.17) is 10.2 Å². The molecule has 0 aromatic carbocycles. The number of carbonyl (C=O) groups excluding carboxylic acids is 2. The van der Waals surface area contributed by atoms with E-state index in [0.29, 0.717) is 25.7 Å². The molecular formula is C19H31N4O6+. The summed E-state index contributed by atoms with van der Waals surface area (Å²) >= 11 is 0. The zero-order valence-corrected chi connectivity index (χ0v) is 17.0. The molecule has 0 bridgehead atoms. The van der Waals surface area contributed by atoms with E-state index in [9.17, 15) is 19.2 Å². The van der Waals surface area contributed by atoms with Crippen molar-refractivity contribution in [2.75, 3.05) is 0 Å². The molecule has 2 unspecified atom stereocenters. The van der Waals surface area contributed by atoms with Crippen LogP contribution >= 0.6 is 0 Å². The van der Waals surface area contributed by atoms with Gasteiger partial charge in [0.05, 0.1) is 13.1 Å². The maximum atomic E-state index is 11.1. The fraction of sp³-hybridized carbons (Fsp3) is 0.632. The lowest BCUT2D eigenvalue weighted by Crippen LogP contribution is -2.39. The number of rotatable bonds is 14. The van der Waals surface area contributed by atoms with E-state index in [-0.39, 0.29) is 11.8 Å². The van der Waals surface area contributed by atoms with E-state index in [1.807, 2.05) is 27.9 Å². The number of aliphatic carboxylic acids is 2. The van der Waals surface area contributed by atoms with Gasteiger partial charge in [0.1, 0.15) is 24.5 Å². The third kappa shape index (κ3) is 10.3. The molecule has 0 aliphatic carbocycles. The summed E-state index contributed by atoms with van der Waals surface area (Å²) in [5.41, 5.74) is 0. The van der Waals surface area contributed by atoms with Gasteiger partial charge in [-0.3, -0.25) is 9.59 Å². The molecule has 0 aliphatic heterocycles. The average Bonchev–Trinajstić information content (AvgIpc) is 3.07. The number of hydrogen-bond acceptors (Lipinski definition) is 4. The average molecular weight is 411 g/mol. The molecule has 2 atom stereocenters. The molecule has 10 heteroatoms. The van der Waals surface area contributed by atoms with Gasteiger partial charge in [-0.1, -0.05) is 0 Å². The monoisotopic (exact) mass is 411 g/mol. The van der Waals surface area contributed by atoms with Gasteiger partial charge in [0.2, 0.25) is 18.1 Å². The van der Waals surface area contributed by atoms with Crippen molar-refractivity contribution < 1.29 is 34.0 Å². The number of nitrogens with zero attached hydrogens (tertiary/aromatic N) is 2. The molecule has 0 radical (unpaired) electrons. The Morgan fingerprint density at radius 2 is 1.41 bits per heavy atom. The van der Waals surface area contributed by atoms with Crippen LogP contribution in [0.25, 0.3) is 0 Å². The lowest BCUT2D eigenvalue weighted by Gasteiger charge is -2.12. The van der Waals surface area contributed by atoms with E-state index in [1.54, 1.807) is 0 Å². The fourth-order valence-electron chi connectivity index (χ4n) is 2.99. The number of unbranched alkanes of at least 4 members (excludes halogenated alkanes) is 2. The molecule has 10 nitrogen and oxygen atoms in total. The second-order valence-electron chi connectivity index (χ2n) is 7.06. The van der Waals surface area contributed by atoms with Crippen molar-refractivity contribution in [1.29, 1.82) is 0 Å². The summed E-state index contributed by atoms with van der Waals surface area (Å²) in [6, 6.07) is -1.71. The van der Waals surface area contributed by atoms with Gasteiger partial charge in [-0.25, -0.2) is 18.7 Å². The molecule has 4 N–H and O–H groups in total. The summed E-state index contributed by atoms with van der Waals surface area (Å²) in [7, 11) is 0. The van der Waals surface area contributed by atoms with Crippen LogP contribution in [0.5, 0.6) is 0 Å². The van der Waals surface area contributed by atoms with Crippen molar-refractivity contribution in [1.82, 2.24) is 15.2 Å². The van der Waals surface area contributed by atoms with Crippen molar-refractivity contribution >= 4 is 23.8 Å². The lowest BCUT2D eigenvalue weighted by atomic mass is 10.1. The van der Waals surface area contributed by atoms with E-state index < -0.39 is 24.0 Å². The van der Waals surface area contributed by atoms with Crippen LogP contribution in [0, 0.1) is 0 Å². The van der Waals surface area contributed by atoms with Gasteiger partial charge < -0.3 is 20.8 Å². The van der Waals surface area contributed by atoms with Gasteiger partial charge in [0.15, 0.2) is 0 Å². The van der Waals surface area contributed by atoms with Crippen LogP contribution in [0.15, 0.2) is 18.7 Å². The number of carboxylic acids is 2. The zero-order chi connectivity index (χ0) is 21.8. The smallest absolute Gasteiger partial charge is 0.326 e. The summed E-state index contributed by atoms with van der Waals surface area (Å²) in [5, 5.41) is 23.0. The van der Waals surface area contributed by atoms with E-state index in [1.165, 1.54) is 13.8 Å². The Morgan fingerprint density at radius 3 is 1.90 bits per heavy atom. The number of imidazole rings is 1. The molecule has 0 saturated carbocycles. The van der Waals surface area contributed by atoms with Crippen molar-refractivity contribution in [3.8, 4) is 0 Å². The standard InChI is InChI=1S/C19H30N4O6/c1-14(24)20-16(18(26)27)7-3-5-9-22-11-12-23(13-22)10-6-4-8-17(19(28)29)21-15(2)25/h11-13,16-17H,3-10H2,1-2H3,(H3-,20,21,24,25,26,27,28,29)/p+1. The van der Waals surface area contributed by atoms with Crippen LogP contribution in [-0.2, 0) is 32.3 Å². The van der Waals surface area contributed by atoms with E-state index in [0.717, 1.165) is 25.9 Å². The number of nitrogens with one attached hydrogen (secondary N) is 2. The van der Waals surface area contributed by atoms with Crippen LogP contribution < -0.4 is 15.2 Å². The van der Waals surface area contributed by atoms with Crippen LogP contribution in [0.1, 0.15) is 52.4 Å². The van der Waals surface area contributed by atoms with Crippen LogP contribution in [0.3, 0.4) is 0 Å². The Balaban J connectivity index is 2.29. The quantitative estimate of drug-likeness (QED) is 0.256. The van der Waals surface area contributed by atoms with Crippen LogP contribution in [-0.4, -0.2) is 50.6 Å². The van der Waals surface area contributed by atoms with Gasteiger partial charge in [0.25, 0.3) is 0 Å². The highest BCUT2D eigenvalue weighted by Gasteiger charge is 2.18. The Hall–Kier alpha value is -2.91. The van der Waals surface area contributed by atoms with Gasteiger partial charge >= 0.3 is 11.9 Å². The lowest BCUT2D eigenvalue weighted by molar-refractivity contribution is -0.696. The molecule has 1 aromatic heterocycles. The van der Waals surface area contributed by atoms with Crippen molar-refractivity contribution in [3.05, 3.63) is 18.7 Å². The largest absolute Gasteiger partial charge is 0.480 e. The Morgan fingerprint density at radius 1 is 0.897 bits per heavy atom. The molecule has 1 rings (SSSR count). The minimum atomic E-state index is -1.03. The topological polar surface area (TPSA) is 142 Å². The highest BCUT2D eigenvalue weighted by atomic mass is 16.4. The molecule has 0 aliphatic rings. The maximum Gasteiger partial charge on any atom is 0.326 e. The second kappa shape index (κ2) is 12.5. The molecule has 1 heterocycles. The maximum absolute atomic E-state index is 11.1. The summed E-state index contributed by atoms with van der Waals surface area (Å²) in [6.45, 7) is 4.08. The highest BCUT2D eigenvalue weighted by molar-refractivity contribution is 5.82. The first kappa shape index (κ1) is 24.1. The molecule has 0 saturated heterocycles. The summed E-state index contributed by atoms with van der Waals surface area (Å²) in [4.78, 5) is 44.2. The van der Waals surface area contributed by atoms with Crippen molar-refractivity contribution in [3.63, 3.8) is 0 Å². The molecule has 1 aromatic rings. The number of carbonyl (C=O) groups is 4. The van der Waals surface area contributed by atoms with Gasteiger partial charge in [-0.05, 0) is 38.5 Å². The number of aryl methyl sites for hydroxylation is 2. The minimum Gasteiger partial charge on any atom is -0.480 e. The predicted octanol–water partition coefficient (Wildman–Crippen LogP) is 0.295. The third-order valence-electron chi connectivity index (χ3n) is 4.42. The Kier molecular flexibility index (Phi) is 10.4. The van der Waals surface area contributed by atoms with Crippen LogP contribution in [0.2, 0.25) is 0 Å². The number of aromatic nitrogens is 2. The van der Waals surface area contributed by atoms with Gasteiger partial charge in [-0.15, -0.1) is 0 Å². The normalized spacial score (nSPS) is 12.8. The minimum absolute atomic E-state index is 0.351. The Bertz CT molecular complexity index is 646. The van der Waals surface area contributed by atoms with Crippen molar-refractivity contribution in [2.45, 2.75) is 77.5 Å². The first-order valence-electron chi connectivity index (χ1n) is 9.73. The third-order valence-corrected chi connectivity index (χ3v) is 4.42. The molecule has 162 valence electrons. The van der Waals surface area contributed by atoms with Gasteiger partial charge in [-0.2, -0.15) is 0 Å². The fourth-order valence-corrected chi connectivity index (χ4v) is 2.99. The predicted molar refractivity (Wildman–Crippen MR) is 103 cm³/mol. The molecule has 0 fully saturated rings. The first-order valence-corrected chi connectivity index (χ1v) is 9.73. The number of amides is 2. The second-order valence-corrected chi connectivity index (χ2v) is 7.06. The molecule has 0 spiro atoms. The number of carboxylic acid groups (broad SMARTS) is 2. The first-order chi connectivity index (χ1) is 13.7. The van der Waals surface area contributed by atoms with Gasteiger partial charge in [0, 0.05) is 13.8 Å². The van der Waals surface area contributed by atoms with Crippen molar-refractivity contribution in [2.24, 2.45) is 0 Å². The van der Waals surface area contributed by atoms with E-state index in [2.05, 4.69) is 10.6 Å². The SMILES string of the molecule is CC(=O)NC(CCCCn1cc[n+](CCCCC(NC(C)=O)C(=O)O)c1)C(=O)O.